The molecular weight excluding hydrogens is 212 g/mol. The summed E-state index contributed by atoms with van der Waals surface area (Å²) < 4.78 is 4.82. The third-order valence-corrected chi connectivity index (χ3v) is 2.15. The van der Waals surface area contributed by atoms with Crippen molar-refractivity contribution >= 4 is 11.9 Å². The maximum absolute atomic E-state index is 10.8. The van der Waals surface area contributed by atoms with E-state index >= 15 is 0 Å². The fourth-order valence-corrected chi connectivity index (χ4v) is 1.17. The molecule has 5 heteroatoms. The molecule has 0 amide bonds. The molecule has 2 N–H and O–H groups in total. The largest absolute Gasteiger partial charge is 0.481 e. The predicted octanol–water partition coefficient (Wildman–Crippen LogP) is 1.11. The van der Waals surface area contributed by atoms with E-state index in [2.05, 4.69) is 6.58 Å². The Bertz CT molecular complexity index is 249. The van der Waals surface area contributed by atoms with E-state index in [4.69, 9.17) is 9.84 Å². The van der Waals surface area contributed by atoms with Crippen LogP contribution in [0.1, 0.15) is 32.6 Å². The minimum absolute atomic E-state index is 0.0908. The first-order chi connectivity index (χ1) is 7.47. The van der Waals surface area contributed by atoms with E-state index in [1.807, 2.05) is 0 Å². The first-order valence-corrected chi connectivity index (χ1v) is 5.20. The third-order valence-electron chi connectivity index (χ3n) is 2.15. The van der Waals surface area contributed by atoms with E-state index in [1.165, 1.54) is 0 Å². The summed E-state index contributed by atoms with van der Waals surface area (Å²) in [6, 6.07) is 0. The van der Waals surface area contributed by atoms with Crippen molar-refractivity contribution in [3.8, 4) is 0 Å². The van der Waals surface area contributed by atoms with E-state index < -0.39 is 24.1 Å². The molecule has 0 aliphatic carbocycles. The number of rotatable bonds is 8. The number of esters is 1. The summed E-state index contributed by atoms with van der Waals surface area (Å²) in [4.78, 5) is 21.0. The van der Waals surface area contributed by atoms with Crippen LogP contribution in [0.25, 0.3) is 0 Å². The molecule has 0 saturated carbocycles. The smallest absolute Gasteiger partial charge is 0.330 e. The molecule has 0 aliphatic rings. The van der Waals surface area contributed by atoms with Crippen molar-refractivity contribution in [2.24, 2.45) is 0 Å². The van der Waals surface area contributed by atoms with E-state index in [0.717, 1.165) is 6.08 Å². The zero-order chi connectivity index (χ0) is 12.6. The number of unbranched alkanes of at least 4 members (excludes halogenated alkanes) is 1. The molecular formula is C11H18O5. The van der Waals surface area contributed by atoms with E-state index in [-0.39, 0.29) is 6.42 Å². The molecule has 16 heavy (non-hydrogen) atoms. The Morgan fingerprint density at radius 1 is 1.44 bits per heavy atom. The van der Waals surface area contributed by atoms with Gasteiger partial charge < -0.3 is 14.9 Å². The lowest BCUT2D eigenvalue weighted by Crippen LogP contribution is -2.27. The van der Waals surface area contributed by atoms with E-state index in [0.29, 0.717) is 19.3 Å². The second-order valence-electron chi connectivity index (χ2n) is 3.55. The molecule has 0 aliphatic heterocycles. The van der Waals surface area contributed by atoms with Gasteiger partial charge in [-0.25, -0.2) is 4.79 Å². The lowest BCUT2D eigenvalue weighted by atomic mass is 10.1. The van der Waals surface area contributed by atoms with E-state index in [1.54, 1.807) is 6.92 Å². The maximum Gasteiger partial charge on any atom is 0.330 e. The molecule has 5 nitrogen and oxygen atoms in total. The average molecular weight is 230 g/mol. The molecule has 0 radical (unpaired) electrons. The molecule has 0 fully saturated rings. The number of aliphatic hydroxyl groups excluding tert-OH is 1. The summed E-state index contributed by atoms with van der Waals surface area (Å²) in [6.45, 7) is 4.83. The van der Waals surface area contributed by atoms with Gasteiger partial charge in [0.05, 0.1) is 6.10 Å². The lowest BCUT2D eigenvalue weighted by molar-refractivity contribution is -0.147. The highest BCUT2D eigenvalue weighted by Gasteiger charge is 2.16. The topological polar surface area (TPSA) is 83.8 Å². The maximum atomic E-state index is 10.8. The number of carboxylic acid groups (broad SMARTS) is 1. The van der Waals surface area contributed by atoms with Gasteiger partial charge in [-0.05, 0) is 19.8 Å². The van der Waals surface area contributed by atoms with Gasteiger partial charge in [-0.15, -0.1) is 0 Å². The number of hydrogen-bond acceptors (Lipinski definition) is 4. The minimum atomic E-state index is -0.847. The van der Waals surface area contributed by atoms with Crippen molar-refractivity contribution in [2.45, 2.75) is 44.8 Å². The van der Waals surface area contributed by atoms with Crippen molar-refractivity contribution < 1.29 is 24.5 Å². The van der Waals surface area contributed by atoms with Crippen molar-refractivity contribution in [1.29, 1.82) is 0 Å². The van der Waals surface area contributed by atoms with Gasteiger partial charge >= 0.3 is 11.9 Å². The highest BCUT2D eigenvalue weighted by molar-refractivity contribution is 5.81. The van der Waals surface area contributed by atoms with Crippen LogP contribution in [0.3, 0.4) is 0 Å². The summed E-state index contributed by atoms with van der Waals surface area (Å²) in [5.74, 6) is -1.42. The van der Waals surface area contributed by atoms with Gasteiger partial charge in [-0.2, -0.15) is 0 Å². The molecule has 0 heterocycles. The summed E-state index contributed by atoms with van der Waals surface area (Å²) in [5, 5.41) is 18.0. The number of aliphatic hydroxyl groups is 1. The Kier molecular flexibility index (Phi) is 7.20. The standard InChI is InChI=1S/C11H18O5/c1-3-11(15)16-8(2)9(12)6-4-5-7-10(13)14/h3,8-9,12H,1,4-7H2,2H3,(H,13,14). The SMILES string of the molecule is C=CC(=O)OC(C)C(O)CCCCC(=O)O. The predicted molar refractivity (Wildman–Crippen MR) is 57.9 cm³/mol. The molecule has 2 atom stereocenters. The third kappa shape index (κ3) is 7.00. The second-order valence-corrected chi connectivity index (χ2v) is 3.55. The fourth-order valence-electron chi connectivity index (χ4n) is 1.17. The number of carbonyl (C=O) groups excluding carboxylic acids is 1. The van der Waals surface area contributed by atoms with Gasteiger partial charge in [0, 0.05) is 12.5 Å². The molecule has 2 unspecified atom stereocenters. The second kappa shape index (κ2) is 7.87. The number of ether oxygens (including phenoxy) is 1. The molecule has 0 spiro atoms. The van der Waals surface area contributed by atoms with Gasteiger partial charge in [0.1, 0.15) is 6.10 Å². The van der Waals surface area contributed by atoms with Crippen molar-refractivity contribution in [3.05, 3.63) is 12.7 Å². The monoisotopic (exact) mass is 230 g/mol. The molecule has 0 aromatic rings. The number of carboxylic acids is 1. The van der Waals surface area contributed by atoms with Crippen LogP contribution in [-0.2, 0) is 14.3 Å². The average Bonchev–Trinajstić information content (AvgIpc) is 2.23. The summed E-state index contributed by atoms with van der Waals surface area (Å²) in [7, 11) is 0. The van der Waals surface area contributed by atoms with Gasteiger partial charge in [-0.3, -0.25) is 4.79 Å². The van der Waals surface area contributed by atoms with Crippen molar-refractivity contribution in [2.75, 3.05) is 0 Å². The zero-order valence-corrected chi connectivity index (χ0v) is 9.39. The molecule has 0 bridgehead atoms. The van der Waals surface area contributed by atoms with Crippen LogP contribution in [-0.4, -0.2) is 34.4 Å². The summed E-state index contributed by atoms with van der Waals surface area (Å²) in [5.41, 5.74) is 0. The van der Waals surface area contributed by atoms with Crippen LogP contribution in [0.5, 0.6) is 0 Å². The van der Waals surface area contributed by atoms with Crippen LogP contribution in [0, 0.1) is 0 Å². The van der Waals surface area contributed by atoms with E-state index in [9.17, 15) is 14.7 Å². The Labute approximate surface area is 94.7 Å². The Morgan fingerprint density at radius 3 is 2.56 bits per heavy atom. The number of aliphatic carboxylic acids is 1. The molecule has 0 aromatic carbocycles. The van der Waals surface area contributed by atoms with Crippen LogP contribution >= 0.6 is 0 Å². The first kappa shape index (κ1) is 14.6. The highest BCUT2D eigenvalue weighted by Crippen LogP contribution is 2.09. The number of carbonyl (C=O) groups is 2. The Hall–Kier alpha value is -1.36. The van der Waals surface area contributed by atoms with Crippen LogP contribution in [0.4, 0.5) is 0 Å². The van der Waals surface area contributed by atoms with Crippen LogP contribution in [0.15, 0.2) is 12.7 Å². The van der Waals surface area contributed by atoms with Gasteiger partial charge in [0.2, 0.25) is 0 Å². The van der Waals surface area contributed by atoms with Gasteiger partial charge in [-0.1, -0.05) is 13.0 Å². The Morgan fingerprint density at radius 2 is 2.06 bits per heavy atom. The molecule has 0 rings (SSSR count). The first-order valence-electron chi connectivity index (χ1n) is 5.20. The fraction of sp³-hybridized carbons (Fsp3) is 0.636. The lowest BCUT2D eigenvalue weighted by Gasteiger charge is -2.18. The summed E-state index contributed by atoms with van der Waals surface area (Å²) >= 11 is 0. The van der Waals surface area contributed by atoms with Crippen LogP contribution < -0.4 is 0 Å². The van der Waals surface area contributed by atoms with Crippen molar-refractivity contribution in [3.63, 3.8) is 0 Å². The normalized spacial score (nSPS) is 13.9. The highest BCUT2D eigenvalue weighted by atomic mass is 16.6. The van der Waals surface area contributed by atoms with Gasteiger partial charge in [0.25, 0.3) is 0 Å². The zero-order valence-electron chi connectivity index (χ0n) is 9.39. The quantitative estimate of drug-likeness (QED) is 0.371. The minimum Gasteiger partial charge on any atom is -0.481 e. The van der Waals surface area contributed by atoms with Crippen LogP contribution in [0.2, 0.25) is 0 Å². The molecule has 0 aromatic heterocycles. The van der Waals surface area contributed by atoms with Crippen molar-refractivity contribution in [1.82, 2.24) is 0 Å². The van der Waals surface area contributed by atoms with Gasteiger partial charge in [0.15, 0.2) is 0 Å². The Balaban J connectivity index is 3.70. The number of hydrogen-bond donors (Lipinski definition) is 2. The summed E-state index contributed by atoms with van der Waals surface area (Å²) in [6.07, 6.45) is 1.27. The molecule has 0 saturated heterocycles. The molecule has 92 valence electrons.